The summed E-state index contributed by atoms with van der Waals surface area (Å²) in [6.07, 6.45) is 1.64. The Kier molecular flexibility index (Phi) is 14.3. The molecule has 2 atom stereocenters. The molecule has 274 valence electrons. The number of fused-ring (bicyclic) bond motifs is 1. The largest absolute Gasteiger partial charge is 0.481 e. The summed E-state index contributed by atoms with van der Waals surface area (Å²) in [4.78, 5) is 37.3. The summed E-state index contributed by atoms with van der Waals surface area (Å²) < 4.78 is 42.9. The summed E-state index contributed by atoms with van der Waals surface area (Å²) in [5.74, 6) is 0.297. The molecule has 0 radical (unpaired) electrons. The lowest BCUT2D eigenvalue weighted by Crippen LogP contribution is -2.67. The fourth-order valence-electron chi connectivity index (χ4n) is 6.83. The van der Waals surface area contributed by atoms with Crippen LogP contribution in [0.4, 0.5) is 8.78 Å². The molecule has 0 bridgehead atoms. The van der Waals surface area contributed by atoms with E-state index in [1.807, 2.05) is 30.9 Å². The van der Waals surface area contributed by atoms with Gasteiger partial charge in [-0.05, 0) is 25.0 Å². The molecule has 2 aliphatic rings. The summed E-state index contributed by atoms with van der Waals surface area (Å²) >= 11 is 0. The van der Waals surface area contributed by atoms with Gasteiger partial charge in [0.05, 0.1) is 25.0 Å². The van der Waals surface area contributed by atoms with Gasteiger partial charge in [0, 0.05) is 69.7 Å². The number of piperazine rings is 2. The van der Waals surface area contributed by atoms with Crippen molar-refractivity contribution in [1.29, 1.82) is 0 Å². The van der Waals surface area contributed by atoms with E-state index in [0.717, 1.165) is 0 Å². The van der Waals surface area contributed by atoms with E-state index in [1.165, 1.54) is 30.6 Å². The number of hydrogen-bond donors (Lipinski definition) is 0. The molecule has 0 saturated carbocycles. The van der Waals surface area contributed by atoms with Gasteiger partial charge in [-0.3, -0.25) is 19.6 Å². The normalized spacial score (nSPS) is 17.8. The maximum absolute atomic E-state index is 13.5. The van der Waals surface area contributed by atoms with E-state index in [1.54, 1.807) is 6.20 Å². The average molecular weight is 747 g/mol. The van der Waals surface area contributed by atoms with Crippen molar-refractivity contribution in [3.05, 3.63) is 102 Å². The van der Waals surface area contributed by atoms with Crippen molar-refractivity contribution in [1.82, 2.24) is 34.6 Å². The lowest BCUT2D eigenvalue weighted by Gasteiger charge is -2.53. The second-order valence-corrected chi connectivity index (χ2v) is 12.5. The number of carbonyl (C=O) groups is 1. The van der Waals surface area contributed by atoms with Crippen LogP contribution < -0.4 is 14.2 Å². The zero-order chi connectivity index (χ0) is 34.3. The highest BCUT2D eigenvalue weighted by atomic mass is 35.5. The molecule has 4 heterocycles. The van der Waals surface area contributed by atoms with Crippen LogP contribution in [0.2, 0.25) is 0 Å². The van der Waals surface area contributed by atoms with Crippen LogP contribution in [0.5, 0.6) is 17.8 Å². The Labute approximate surface area is 309 Å². The van der Waals surface area contributed by atoms with Crippen LogP contribution in [-0.4, -0.2) is 112 Å². The minimum absolute atomic E-state index is 0. The first kappa shape index (κ1) is 39.6. The number of amides is 1. The molecule has 0 spiro atoms. The van der Waals surface area contributed by atoms with E-state index < -0.39 is 13.0 Å². The van der Waals surface area contributed by atoms with Gasteiger partial charge in [-0.15, -0.1) is 24.8 Å². The maximum atomic E-state index is 13.5. The minimum atomic E-state index is -2.69. The molecular weight excluding hydrogens is 703 g/mol. The zero-order valence-electron chi connectivity index (χ0n) is 28.7. The van der Waals surface area contributed by atoms with Crippen molar-refractivity contribution in [3.8, 4) is 17.8 Å². The van der Waals surface area contributed by atoms with Gasteiger partial charge in [-0.2, -0.15) is 9.97 Å². The lowest BCUT2D eigenvalue weighted by atomic mass is 9.81. The fraction of sp³-hybridized carbons (Fsp3) is 0.417. The van der Waals surface area contributed by atoms with Gasteiger partial charge in [-0.25, -0.2) is 13.8 Å². The van der Waals surface area contributed by atoms with E-state index in [2.05, 4.69) is 78.3 Å². The van der Waals surface area contributed by atoms with Crippen LogP contribution in [0.25, 0.3) is 0 Å². The molecule has 11 nitrogen and oxygen atoms in total. The molecule has 2 aliphatic heterocycles. The smallest absolute Gasteiger partial charge is 0.323 e. The predicted octanol–water partition coefficient (Wildman–Crippen LogP) is 5.39. The predicted molar refractivity (Wildman–Crippen MR) is 193 cm³/mol. The second-order valence-electron chi connectivity index (χ2n) is 12.5. The Morgan fingerprint density at radius 1 is 0.902 bits per heavy atom. The lowest BCUT2D eigenvalue weighted by molar-refractivity contribution is -0.0294. The van der Waals surface area contributed by atoms with Crippen molar-refractivity contribution >= 4 is 30.7 Å². The number of rotatable bonds is 12. The number of aromatic nitrogens is 4. The molecule has 0 aliphatic carbocycles. The Morgan fingerprint density at radius 2 is 1.57 bits per heavy atom. The van der Waals surface area contributed by atoms with Crippen LogP contribution >= 0.6 is 24.8 Å². The molecule has 2 saturated heterocycles. The van der Waals surface area contributed by atoms with Gasteiger partial charge in [-0.1, -0.05) is 60.7 Å². The molecule has 15 heteroatoms. The summed E-state index contributed by atoms with van der Waals surface area (Å²) in [6.45, 7) is 6.30. The highest BCUT2D eigenvalue weighted by Crippen LogP contribution is 2.38. The average Bonchev–Trinajstić information content (AvgIpc) is 3.12. The zero-order valence-corrected chi connectivity index (χ0v) is 30.3. The third-order valence-electron chi connectivity index (χ3n) is 8.81. The maximum Gasteiger partial charge on any atom is 0.323 e. The summed E-state index contributed by atoms with van der Waals surface area (Å²) in [5.41, 5.74) is 3.30. The number of nitrogens with zero attached hydrogens (tertiary/aromatic N) is 7. The van der Waals surface area contributed by atoms with E-state index in [9.17, 15) is 13.6 Å². The van der Waals surface area contributed by atoms with Gasteiger partial charge in [0.2, 0.25) is 11.8 Å². The van der Waals surface area contributed by atoms with Crippen LogP contribution in [0.15, 0.2) is 79.3 Å². The first-order valence-electron chi connectivity index (χ1n) is 16.5. The Balaban J connectivity index is 0.00000292. The number of methoxy groups -OCH3 is 1. The topological polar surface area (TPSA) is 106 Å². The van der Waals surface area contributed by atoms with Crippen molar-refractivity contribution in [2.24, 2.45) is 0 Å². The summed E-state index contributed by atoms with van der Waals surface area (Å²) in [5, 5.41) is 0. The standard InChI is InChI=1S/C36H41F2N7O4.2ClH/c1-24(2)49-34-28(33(47-3)41-36(42-34)48-23-31(37)38)21-43-19-27-20-44(35(46)29-18-39-14-15-40-29)16-17-45(27)30(22-43)32(25-10-6-4-7-11-25)26-12-8-5-9-13-26;;/h4-15,18,24,27,30-32H,16-17,19-23H2,1-3H3;2*1H. The Morgan fingerprint density at radius 3 is 2.16 bits per heavy atom. The first-order valence-corrected chi connectivity index (χ1v) is 16.5. The summed E-state index contributed by atoms with van der Waals surface area (Å²) in [7, 11) is 1.47. The van der Waals surface area contributed by atoms with Gasteiger partial charge in [0.25, 0.3) is 12.3 Å². The monoisotopic (exact) mass is 745 g/mol. The van der Waals surface area contributed by atoms with Crippen molar-refractivity contribution < 1.29 is 27.8 Å². The van der Waals surface area contributed by atoms with Crippen LogP contribution in [0.3, 0.4) is 0 Å². The molecule has 51 heavy (non-hydrogen) atoms. The van der Waals surface area contributed by atoms with Crippen molar-refractivity contribution in [2.75, 3.05) is 46.4 Å². The molecule has 2 fully saturated rings. The number of halogens is 4. The SMILES string of the molecule is COc1nc(OCC(F)F)nc(OC(C)C)c1CN1CC2CN(C(=O)c3cnccn3)CCN2C(C(c2ccccc2)c2ccccc2)C1.Cl.Cl. The molecule has 4 aromatic rings. The van der Waals surface area contributed by atoms with E-state index in [-0.39, 0.29) is 72.6 Å². The molecule has 0 N–H and O–H groups in total. The van der Waals surface area contributed by atoms with E-state index >= 15 is 0 Å². The van der Waals surface area contributed by atoms with Gasteiger partial charge < -0.3 is 19.1 Å². The van der Waals surface area contributed by atoms with Gasteiger partial charge in [0.15, 0.2) is 6.61 Å². The third kappa shape index (κ3) is 9.59. The first-order chi connectivity index (χ1) is 23.8. The fourth-order valence-corrected chi connectivity index (χ4v) is 6.83. The number of ether oxygens (including phenoxy) is 3. The Bertz CT molecular complexity index is 1640. The third-order valence-corrected chi connectivity index (χ3v) is 8.81. The Hall–Kier alpha value is -4.17. The van der Waals surface area contributed by atoms with Crippen LogP contribution in [0.1, 0.15) is 46.9 Å². The van der Waals surface area contributed by atoms with Gasteiger partial charge in [0.1, 0.15) is 5.69 Å². The highest BCUT2D eigenvalue weighted by Gasteiger charge is 2.43. The number of carbonyl (C=O) groups excluding carboxylic acids is 1. The van der Waals surface area contributed by atoms with Crippen LogP contribution in [-0.2, 0) is 6.54 Å². The number of hydrogen-bond acceptors (Lipinski definition) is 10. The number of benzene rings is 2. The van der Waals surface area contributed by atoms with E-state index in [4.69, 9.17) is 14.2 Å². The second kappa shape index (κ2) is 18.4. The molecular formula is C36H43Cl2F2N7O4. The molecule has 6 rings (SSSR count). The highest BCUT2D eigenvalue weighted by molar-refractivity contribution is 5.92. The quantitative estimate of drug-likeness (QED) is 0.187. The molecule has 2 aromatic heterocycles. The summed E-state index contributed by atoms with van der Waals surface area (Å²) in [6, 6.07) is 20.8. The minimum Gasteiger partial charge on any atom is -0.481 e. The van der Waals surface area contributed by atoms with E-state index in [0.29, 0.717) is 50.5 Å². The molecule has 1 amide bonds. The van der Waals surface area contributed by atoms with Crippen molar-refractivity contribution in [2.45, 2.75) is 50.9 Å². The van der Waals surface area contributed by atoms with Crippen molar-refractivity contribution in [3.63, 3.8) is 0 Å². The van der Waals surface area contributed by atoms with Crippen LogP contribution in [0, 0.1) is 0 Å². The molecule has 2 aromatic carbocycles. The van der Waals surface area contributed by atoms with Gasteiger partial charge >= 0.3 is 6.01 Å². The number of alkyl halides is 2. The molecule has 2 unspecified atom stereocenters.